The first-order valence-electron chi connectivity index (χ1n) is 9.21. The van der Waals surface area contributed by atoms with E-state index in [1.54, 1.807) is 6.20 Å². The fourth-order valence-corrected chi connectivity index (χ4v) is 2.83. The highest BCUT2D eigenvalue weighted by atomic mass is 32.2. The second kappa shape index (κ2) is 13.5. The third kappa shape index (κ3) is 8.55. The predicted molar refractivity (Wildman–Crippen MR) is 107 cm³/mol. The second-order valence-corrected chi connectivity index (χ2v) is 7.58. The number of nitrogens with zero attached hydrogens (tertiary/aromatic N) is 1. The molecule has 30 heavy (non-hydrogen) atoms. The van der Waals surface area contributed by atoms with Crippen LogP contribution in [-0.2, 0) is 25.5 Å². The summed E-state index contributed by atoms with van der Waals surface area (Å²) in [5.41, 5.74) is 12.0. The summed E-state index contributed by atoms with van der Waals surface area (Å²) in [5.74, 6) is -1.11. The van der Waals surface area contributed by atoms with E-state index >= 15 is 0 Å². The molecule has 1 aromatic rings. The molecule has 13 heteroatoms. The van der Waals surface area contributed by atoms with Crippen molar-refractivity contribution in [3.05, 3.63) is 18.2 Å². The minimum absolute atomic E-state index is 0.0340. The molecule has 1 rings (SSSR count). The lowest BCUT2D eigenvalue weighted by atomic mass is 10.0. The number of carbonyl (C=O) groups is 2. The molecule has 0 amide bonds. The zero-order chi connectivity index (χ0) is 22.7. The second-order valence-electron chi connectivity index (χ2n) is 6.60. The van der Waals surface area contributed by atoms with E-state index in [0.29, 0.717) is 17.9 Å². The van der Waals surface area contributed by atoms with Gasteiger partial charge in [0.2, 0.25) is 0 Å². The highest BCUT2D eigenvalue weighted by Crippen LogP contribution is 2.12. The molecule has 0 aliphatic carbocycles. The van der Waals surface area contributed by atoms with Gasteiger partial charge in [0.05, 0.1) is 18.6 Å². The number of aromatic nitrogens is 2. The standard InChI is InChI=1S/C17H30N4O8S/c1-30-3-2-10(18)16(26)28-7-13(15(25)14(24)12(23)6-22)29-17(27)11(19)4-9-5-20-8-21-9/h5,8,10-15,22-25H,2-4,6-7,18-19H2,1H3,(H,20,21)/t10-,11-,12+,13+,14+,15+/m0/s1. The third-order valence-electron chi connectivity index (χ3n) is 4.19. The van der Waals surface area contributed by atoms with Crippen molar-refractivity contribution < 1.29 is 39.5 Å². The van der Waals surface area contributed by atoms with E-state index in [2.05, 4.69) is 9.97 Å². The molecule has 1 heterocycles. The maximum Gasteiger partial charge on any atom is 0.323 e. The van der Waals surface area contributed by atoms with Gasteiger partial charge in [-0.25, -0.2) is 4.98 Å². The summed E-state index contributed by atoms with van der Waals surface area (Å²) in [6, 6.07) is -2.07. The molecular weight excluding hydrogens is 420 g/mol. The number of H-pyrrole nitrogens is 1. The zero-order valence-electron chi connectivity index (χ0n) is 16.6. The molecule has 12 nitrogen and oxygen atoms in total. The highest BCUT2D eigenvalue weighted by Gasteiger charge is 2.36. The largest absolute Gasteiger partial charge is 0.460 e. The average molecular weight is 451 g/mol. The number of nitrogens with two attached hydrogens (primary N) is 2. The van der Waals surface area contributed by atoms with Crippen molar-refractivity contribution in [3.8, 4) is 0 Å². The SMILES string of the molecule is CSCC[C@H](N)C(=O)OC[C@@H](OC(=O)[C@@H](N)Cc1c[nH]cn1)[C@@H](O)[C@H](O)[C@H](O)CO. The molecule has 0 saturated carbocycles. The Balaban J connectivity index is 2.78. The summed E-state index contributed by atoms with van der Waals surface area (Å²) >= 11 is 1.50. The maximum atomic E-state index is 12.3. The van der Waals surface area contributed by atoms with E-state index in [0.717, 1.165) is 0 Å². The maximum absolute atomic E-state index is 12.3. The Morgan fingerprint density at radius 1 is 1.20 bits per heavy atom. The van der Waals surface area contributed by atoms with Gasteiger partial charge in [-0.2, -0.15) is 11.8 Å². The summed E-state index contributed by atoms with van der Waals surface area (Å²) in [6.07, 6.45) is -1.83. The predicted octanol–water partition coefficient (Wildman–Crippen LogP) is -3.11. The summed E-state index contributed by atoms with van der Waals surface area (Å²) < 4.78 is 10.1. The summed E-state index contributed by atoms with van der Waals surface area (Å²) in [7, 11) is 0. The van der Waals surface area contributed by atoms with Crippen LogP contribution in [0.3, 0.4) is 0 Å². The number of thioether (sulfide) groups is 1. The molecule has 1 aromatic heterocycles. The van der Waals surface area contributed by atoms with Crippen LogP contribution < -0.4 is 11.5 Å². The summed E-state index contributed by atoms with van der Waals surface area (Å²) in [4.78, 5) is 31.0. The van der Waals surface area contributed by atoms with Gasteiger partial charge in [-0.05, 0) is 18.4 Å². The smallest absolute Gasteiger partial charge is 0.323 e. The molecule has 0 spiro atoms. The molecule has 0 saturated heterocycles. The number of aromatic amines is 1. The van der Waals surface area contributed by atoms with E-state index in [1.807, 2.05) is 6.26 Å². The number of hydrogen-bond acceptors (Lipinski definition) is 12. The van der Waals surface area contributed by atoms with E-state index < -0.39 is 61.7 Å². The van der Waals surface area contributed by atoms with Crippen molar-refractivity contribution in [2.24, 2.45) is 11.5 Å². The van der Waals surface area contributed by atoms with Gasteiger partial charge in [-0.3, -0.25) is 9.59 Å². The van der Waals surface area contributed by atoms with Gasteiger partial charge in [-0.15, -0.1) is 0 Å². The molecular formula is C17H30N4O8S. The van der Waals surface area contributed by atoms with Gasteiger partial charge in [0.15, 0.2) is 6.10 Å². The number of nitrogens with one attached hydrogen (secondary N) is 1. The van der Waals surface area contributed by atoms with Crippen LogP contribution in [0.5, 0.6) is 0 Å². The molecule has 6 atom stereocenters. The van der Waals surface area contributed by atoms with Gasteiger partial charge in [-0.1, -0.05) is 0 Å². The number of esters is 2. The first-order chi connectivity index (χ1) is 14.2. The lowest BCUT2D eigenvalue weighted by Gasteiger charge is -2.29. The Bertz CT molecular complexity index is 635. The van der Waals surface area contributed by atoms with Crippen LogP contribution in [0, 0.1) is 0 Å². The van der Waals surface area contributed by atoms with Gasteiger partial charge >= 0.3 is 11.9 Å². The highest BCUT2D eigenvalue weighted by molar-refractivity contribution is 7.98. The Hall–Kier alpha value is -1.74. The van der Waals surface area contributed by atoms with Crippen molar-refractivity contribution in [2.45, 2.75) is 49.3 Å². The quantitative estimate of drug-likeness (QED) is 0.140. The lowest BCUT2D eigenvalue weighted by Crippen LogP contribution is -2.51. The molecule has 172 valence electrons. The van der Waals surface area contributed by atoms with Crippen molar-refractivity contribution in [1.82, 2.24) is 9.97 Å². The first kappa shape index (κ1) is 26.3. The van der Waals surface area contributed by atoms with Gasteiger partial charge < -0.3 is 46.4 Å². The van der Waals surface area contributed by atoms with E-state index in [4.69, 9.17) is 26.0 Å². The fourth-order valence-electron chi connectivity index (χ4n) is 2.34. The number of aliphatic hydroxyl groups is 4. The minimum Gasteiger partial charge on any atom is -0.460 e. The first-order valence-corrected chi connectivity index (χ1v) is 10.6. The van der Waals surface area contributed by atoms with Crippen LogP contribution >= 0.6 is 11.8 Å². The summed E-state index contributed by atoms with van der Waals surface area (Å²) in [6.45, 7) is -1.49. The van der Waals surface area contributed by atoms with E-state index in [-0.39, 0.29) is 6.42 Å². The Morgan fingerprint density at radius 2 is 1.90 bits per heavy atom. The number of imidazole rings is 1. The molecule has 0 aliphatic rings. The number of carbonyl (C=O) groups excluding carboxylic acids is 2. The Kier molecular flexibility index (Phi) is 11.9. The van der Waals surface area contributed by atoms with Crippen LogP contribution in [-0.4, -0.2) is 104 Å². The third-order valence-corrected chi connectivity index (χ3v) is 4.84. The zero-order valence-corrected chi connectivity index (χ0v) is 17.4. The number of rotatable bonds is 14. The Labute approximate surface area is 177 Å². The van der Waals surface area contributed by atoms with Crippen LogP contribution in [0.25, 0.3) is 0 Å². The fraction of sp³-hybridized carbons (Fsp3) is 0.706. The molecule has 0 unspecified atom stereocenters. The van der Waals surface area contributed by atoms with Crippen LogP contribution in [0.15, 0.2) is 12.5 Å². The molecule has 0 radical (unpaired) electrons. The minimum atomic E-state index is -1.88. The lowest BCUT2D eigenvalue weighted by molar-refractivity contribution is -0.179. The number of aliphatic hydroxyl groups excluding tert-OH is 4. The Morgan fingerprint density at radius 3 is 2.47 bits per heavy atom. The van der Waals surface area contributed by atoms with Gasteiger partial charge in [0, 0.05) is 12.6 Å². The van der Waals surface area contributed by atoms with Crippen LogP contribution in [0.2, 0.25) is 0 Å². The average Bonchev–Trinajstić information content (AvgIpc) is 3.25. The topological polar surface area (TPSA) is 214 Å². The molecule has 0 fully saturated rings. The van der Waals surface area contributed by atoms with Crippen molar-refractivity contribution in [2.75, 3.05) is 25.2 Å². The van der Waals surface area contributed by atoms with Crippen molar-refractivity contribution in [1.29, 1.82) is 0 Å². The van der Waals surface area contributed by atoms with Crippen molar-refractivity contribution in [3.63, 3.8) is 0 Å². The number of hydrogen-bond donors (Lipinski definition) is 7. The molecule has 0 aromatic carbocycles. The normalized spacial score (nSPS) is 17.4. The van der Waals surface area contributed by atoms with E-state index in [9.17, 15) is 24.9 Å². The molecule has 0 aliphatic heterocycles. The van der Waals surface area contributed by atoms with Crippen molar-refractivity contribution >= 4 is 23.7 Å². The van der Waals surface area contributed by atoms with Crippen LogP contribution in [0.4, 0.5) is 0 Å². The van der Waals surface area contributed by atoms with Crippen LogP contribution in [0.1, 0.15) is 12.1 Å². The van der Waals surface area contributed by atoms with Gasteiger partial charge in [0.25, 0.3) is 0 Å². The van der Waals surface area contributed by atoms with E-state index in [1.165, 1.54) is 18.1 Å². The number of ether oxygens (including phenoxy) is 2. The monoisotopic (exact) mass is 450 g/mol. The summed E-state index contributed by atoms with van der Waals surface area (Å²) in [5, 5.41) is 38.7. The van der Waals surface area contributed by atoms with Gasteiger partial charge in [0.1, 0.15) is 37.0 Å². The molecule has 0 bridgehead atoms. The molecule has 9 N–H and O–H groups in total.